The summed E-state index contributed by atoms with van der Waals surface area (Å²) >= 11 is 0. The number of nitrogens with zero attached hydrogens (tertiary/aromatic N) is 2. The highest BCUT2D eigenvalue weighted by Crippen LogP contribution is 2.53. The van der Waals surface area contributed by atoms with E-state index >= 15 is 0 Å². The first-order valence-electron chi connectivity index (χ1n) is 24.8. The van der Waals surface area contributed by atoms with Crippen LogP contribution in [-0.2, 0) is 10.8 Å². The average Bonchev–Trinajstić information content (AvgIpc) is 3.70. The molecule has 2 heteroatoms. The van der Waals surface area contributed by atoms with E-state index < -0.39 is 0 Å². The molecule has 10 aromatic carbocycles. The zero-order valence-corrected chi connectivity index (χ0v) is 41.5. The lowest BCUT2D eigenvalue weighted by Crippen LogP contribution is -2.17. The van der Waals surface area contributed by atoms with E-state index in [-0.39, 0.29) is 10.8 Å². The molecule has 340 valence electrons. The van der Waals surface area contributed by atoms with Crippen molar-refractivity contribution in [3.63, 3.8) is 0 Å². The fourth-order valence-corrected chi connectivity index (χ4v) is 11.8. The van der Waals surface area contributed by atoms with Gasteiger partial charge in [0, 0.05) is 45.0 Å². The number of hydrogen-bond acceptors (Lipinski definition) is 2. The second-order valence-electron chi connectivity index (χ2n) is 21.1. The minimum atomic E-state index is -0.188. The summed E-state index contributed by atoms with van der Waals surface area (Å²) in [6, 6.07) is 73.0. The molecule has 0 heterocycles. The number of anilines is 6. The van der Waals surface area contributed by atoms with Gasteiger partial charge in [-0.05, 0) is 200 Å². The molecule has 0 aromatic heterocycles. The van der Waals surface area contributed by atoms with Crippen LogP contribution in [0.2, 0.25) is 0 Å². The van der Waals surface area contributed by atoms with Gasteiger partial charge < -0.3 is 9.80 Å². The van der Waals surface area contributed by atoms with Crippen LogP contribution >= 0.6 is 0 Å². The Balaban J connectivity index is 0.851. The average molecular weight is 903 g/mol. The molecule has 2 aliphatic carbocycles. The molecular weight excluding hydrogens is 845 g/mol. The highest BCUT2D eigenvalue weighted by atomic mass is 15.1. The summed E-state index contributed by atoms with van der Waals surface area (Å²) in [7, 11) is 0. The Morgan fingerprint density at radius 1 is 0.286 bits per heavy atom. The summed E-state index contributed by atoms with van der Waals surface area (Å²) in [5, 5.41) is 4.97. The van der Waals surface area contributed by atoms with Gasteiger partial charge in [-0.2, -0.15) is 0 Å². The Labute approximate surface area is 413 Å². The second-order valence-corrected chi connectivity index (χ2v) is 21.1. The molecule has 0 unspecified atom stereocenters. The first kappa shape index (κ1) is 43.3. The maximum Gasteiger partial charge on any atom is 0.0468 e. The van der Waals surface area contributed by atoms with Gasteiger partial charge in [-0.25, -0.2) is 0 Å². The SMILES string of the molecule is Cc1cc(C)cc(N(c2ccc3c(c2)C(C)(C)c2cc(/C=C/c4ccc5c(c4)C(C)(C)c4cc(N(c6cc(C)cc(C)c6)c6ccc7ccccc7c6)ccc4-5)ccc2-3)c2ccc3ccccc3c2)c1. The number of rotatable bonds is 8. The Kier molecular flexibility index (Phi) is 10.1. The quantitative estimate of drug-likeness (QED) is 0.140. The van der Waals surface area contributed by atoms with Crippen molar-refractivity contribution in [3.8, 4) is 22.3 Å². The van der Waals surface area contributed by atoms with Gasteiger partial charge >= 0.3 is 0 Å². The van der Waals surface area contributed by atoms with Gasteiger partial charge in [0.25, 0.3) is 0 Å². The van der Waals surface area contributed by atoms with Crippen LogP contribution in [0, 0.1) is 27.7 Å². The lowest BCUT2D eigenvalue weighted by atomic mass is 9.81. The van der Waals surface area contributed by atoms with E-state index in [1.54, 1.807) is 0 Å². The standard InChI is InChI=1S/C68H58N2/c1-43-31-44(2)34-57(33-43)69(53-23-21-49-13-9-11-15-51(49)39-53)55-25-29-61-59-27-19-47(37-63(59)67(5,6)65(61)41-55)17-18-48-20-28-60-62-30-26-56(42-66(62)68(7,8)64(60)38-48)70(58-35-45(3)32-46(4)36-58)54-24-22-50-14-10-12-16-52(50)40-54/h9-42H,1-8H3/b18-17+. The Morgan fingerprint density at radius 3 is 0.986 bits per heavy atom. The van der Waals surface area contributed by atoms with Crippen molar-refractivity contribution >= 4 is 67.8 Å². The lowest BCUT2D eigenvalue weighted by molar-refractivity contribution is 0.660. The van der Waals surface area contributed by atoms with E-state index in [2.05, 4.69) is 271 Å². The van der Waals surface area contributed by atoms with Crippen LogP contribution in [0.4, 0.5) is 34.1 Å². The third kappa shape index (κ3) is 7.33. The van der Waals surface area contributed by atoms with Crippen molar-refractivity contribution in [1.82, 2.24) is 0 Å². The van der Waals surface area contributed by atoms with E-state index in [1.807, 2.05) is 0 Å². The largest absolute Gasteiger partial charge is 0.310 e. The Hall–Kier alpha value is -7.94. The molecule has 10 aromatic rings. The highest BCUT2D eigenvalue weighted by molar-refractivity contribution is 5.93. The van der Waals surface area contributed by atoms with Gasteiger partial charge in [-0.15, -0.1) is 0 Å². The first-order valence-corrected chi connectivity index (χ1v) is 24.8. The van der Waals surface area contributed by atoms with Crippen LogP contribution in [-0.4, -0.2) is 0 Å². The third-order valence-corrected chi connectivity index (χ3v) is 15.3. The Bertz CT molecular complexity index is 3500. The first-order chi connectivity index (χ1) is 33.8. The number of aryl methyl sites for hydroxylation is 4. The van der Waals surface area contributed by atoms with Crippen LogP contribution in [0.5, 0.6) is 0 Å². The summed E-state index contributed by atoms with van der Waals surface area (Å²) in [6.07, 6.45) is 4.60. The molecule has 12 rings (SSSR count). The van der Waals surface area contributed by atoms with Crippen molar-refractivity contribution in [2.24, 2.45) is 0 Å². The van der Waals surface area contributed by atoms with E-state index in [1.165, 1.54) is 122 Å². The fraction of sp³-hybridized carbons (Fsp3) is 0.147. The van der Waals surface area contributed by atoms with Crippen LogP contribution in [0.25, 0.3) is 56.0 Å². The van der Waals surface area contributed by atoms with Crippen LogP contribution in [0.3, 0.4) is 0 Å². The molecule has 0 N–H and O–H groups in total. The summed E-state index contributed by atoms with van der Waals surface area (Å²) < 4.78 is 0. The van der Waals surface area contributed by atoms with Crippen molar-refractivity contribution in [3.05, 3.63) is 250 Å². The molecule has 2 nitrogen and oxygen atoms in total. The zero-order valence-electron chi connectivity index (χ0n) is 41.5. The third-order valence-electron chi connectivity index (χ3n) is 15.3. The van der Waals surface area contributed by atoms with Gasteiger partial charge in [0.15, 0.2) is 0 Å². The molecule has 0 atom stereocenters. The van der Waals surface area contributed by atoms with Gasteiger partial charge in [0.1, 0.15) is 0 Å². The minimum absolute atomic E-state index is 0.188. The van der Waals surface area contributed by atoms with Crippen molar-refractivity contribution in [2.75, 3.05) is 9.80 Å². The number of hydrogen-bond donors (Lipinski definition) is 0. The summed E-state index contributed by atoms with van der Waals surface area (Å²) in [6.45, 7) is 18.3. The number of fused-ring (bicyclic) bond motifs is 8. The molecule has 0 bridgehead atoms. The van der Waals surface area contributed by atoms with Gasteiger partial charge in [0.05, 0.1) is 0 Å². The molecule has 0 saturated carbocycles. The predicted molar refractivity (Wildman–Crippen MR) is 300 cm³/mol. The maximum atomic E-state index is 2.44. The normalized spacial score (nSPS) is 13.9. The molecule has 0 saturated heterocycles. The molecule has 0 radical (unpaired) electrons. The molecule has 70 heavy (non-hydrogen) atoms. The van der Waals surface area contributed by atoms with Crippen molar-refractivity contribution in [1.29, 1.82) is 0 Å². The van der Waals surface area contributed by atoms with Crippen molar-refractivity contribution < 1.29 is 0 Å². The van der Waals surface area contributed by atoms with Crippen LogP contribution in [0.1, 0.15) is 83.3 Å². The van der Waals surface area contributed by atoms with E-state index in [4.69, 9.17) is 0 Å². The van der Waals surface area contributed by atoms with E-state index in [0.717, 1.165) is 11.4 Å². The topological polar surface area (TPSA) is 6.48 Å². The molecule has 0 aliphatic heterocycles. The van der Waals surface area contributed by atoms with Crippen molar-refractivity contribution in [2.45, 2.75) is 66.2 Å². The molecular formula is C68H58N2. The molecule has 0 amide bonds. The molecule has 0 spiro atoms. The smallest absolute Gasteiger partial charge is 0.0468 e. The monoisotopic (exact) mass is 902 g/mol. The highest BCUT2D eigenvalue weighted by Gasteiger charge is 2.38. The minimum Gasteiger partial charge on any atom is -0.310 e. The predicted octanol–water partition coefficient (Wildman–Crippen LogP) is 18.9. The van der Waals surface area contributed by atoms with Crippen LogP contribution < -0.4 is 9.80 Å². The maximum absolute atomic E-state index is 2.44. The fourth-order valence-electron chi connectivity index (χ4n) is 11.8. The lowest BCUT2D eigenvalue weighted by Gasteiger charge is -2.29. The summed E-state index contributed by atoms with van der Waals surface area (Å²) in [5.74, 6) is 0. The van der Waals surface area contributed by atoms with E-state index in [9.17, 15) is 0 Å². The number of benzene rings is 10. The van der Waals surface area contributed by atoms with Crippen LogP contribution in [0.15, 0.2) is 194 Å². The molecule has 0 fully saturated rings. The van der Waals surface area contributed by atoms with Gasteiger partial charge in [-0.3, -0.25) is 0 Å². The van der Waals surface area contributed by atoms with Gasteiger partial charge in [0.2, 0.25) is 0 Å². The summed E-state index contributed by atoms with van der Waals surface area (Å²) in [4.78, 5) is 4.87. The Morgan fingerprint density at radius 2 is 0.600 bits per heavy atom. The zero-order chi connectivity index (χ0) is 48.1. The summed E-state index contributed by atoms with van der Waals surface area (Å²) in [5.41, 5.74) is 24.8. The van der Waals surface area contributed by atoms with E-state index in [0.29, 0.717) is 0 Å². The molecule has 2 aliphatic rings. The second kappa shape index (κ2) is 16.4. The van der Waals surface area contributed by atoms with Gasteiger partial charge in [-0.1, -0.05) is 161 Å².